The molecule has 3 aromatic carbocycles. The Morgan fingerprint density at radius 3 is 1.58 bits per heavy atom. The minimum Gasteiger partial charge on any atom is -0.497 e. The molecule has 0 radical (unpaired) electrons. The lowest BCUT2D eigenvalue weighted by Gasteiger charge is -2.61. The monoisotopic (exact) mass is 439 g/mol. The Hall–Kier alpha value is -3.93. The van der Waals surface area contributed by atoms with E-state index in [9.17, 15) is 4.79 Å². The van der Waals surface area contributed by atoms with Crippen LogP contribution in [0.2, 0.25) is 0 Å². The molecule has 1 fully saturated rings. The topological polar surface area (TPSA) is 63.5 Å². The third-order valence-corrected chi connectivity index (χ3v) is 6.65. The van der Waals surface area contributed by atoms with Crippen LogP contribution in [0.4, 0.5) is 5.69 Å². The quantitative estimate of drug-likeness (QED) is 0.540. The lowest BCUT2D eigenvalue weighted by molar-refractivity contribution is -0.136. The van der Waals surface area contributed by atoms with E-state index in [2.05, 4.69) is 10.2 Å². The molecule has 0 saturated carbocycles. The zero-order valence-corrected chi connectivity index (χ0v) is 19.1. The van der Waals surface area contributed by atoms with Crippen molar-refractivity contribution in [1.82, 2.24) is 0 Å². The van der Waals surface area contributed by atoms with Crippen molar-refractivity contribution in [3.8, 4) is 11.5 Å². The molecule has 0 unspecified atom stereocenters. The van der Waals surface area contributed by atoms with Crippen molar-refractivity contribution in [3.05, 3.63) is 90.0 Å². The largest absolute Gasteiger partial charge is 0.497 e. The third kappa shape index (κ3) is 2.83. The van der Waals surface area contributed by atoms with Gasteiger partial charge in [0.2, 0.25) is 5.91 Å². The van der Waals surface area contributed by atoms with E-state index in [-0.39, 0.29) is 5.91 Å². The van der Waals surface area contributed by atoms with Gasteiger partial charge in [-0.05, 0) is 74.5 Å². The number of rotatable bonds is 5. The van der Waals surface area contributed by atoms with Gasteiger partial charge in [-0.2, -0.15) is 10.2 Å². The molecule has 0 bridgehead atoms. The summed E-state index contributed by atoms with van der Waals surface area (Å²) in [6.45, 7) is 3.94. The first kappa shape index (κ1) is 20.9. The first-order valence-corrected chi connectivity index (χ1v) is 10.8. The van der Waals surface area contributed by atoms with Crippen LogP contribution in [-0.4, -0.2) is 37.1 Å². The lowest BCUT2D eigenvalue weighted by atomic mass is 9.55. The van der Waals surface area contributed by atoms with E-state index in [1.54, 1.807) is 14.2 Å². The van der Waals surface area contributed by atoms with Gasteiger partial charge in [-0.25, -0.2) is 0 Å². The van der Waals surface area contributed by atoms with Crippen LogP contribution in [-0.2, 0) is 4.79 Å². The molecule has 0 aromatic heterocycles. The van der Waals surface area contributed by atoms with Gasteiger partial charge in [0.1, 0.15) is 22.9 Å². The van der Waals surface area contributed by atoms with Crippen molar-refractivity contribution in [2.45, 2.75) is 19.4 Å². The SMILES string of the molecule is COc1ccc(C2=NN=C(c3ccc(OC)cc3)C23N(c2ccccc2)C(=O)C3(C)C)cc1. The van der Waals surface area contributed by atoms with Gasteiger partial charge in [-0.1, -0.05) is 18.2 Å². The highest BCUT2D eigenvalue weighted by Crippen LogP contribution is 2.55. The maximum atomic E-state index is 13.6. The fourth-order valence-corrected chi connectivity index (χ4v) is 4.89. The summed E-state index contributed by atoms with van der Waals surface area (Å²) in [6, 6.07) is 25.2. The highest BCUT2D eigenvalue weighted by molar-refractivity contribution is 6.40. The summed E-state index contributed by atoms with van der Waals surface area (Å²) in [6.07, 6.45) is 0. The Morgan fingerprint density at radius 1 is 0.697 bits per heavy atom. The molecular formula is C27H25N3O3. The van der Waals surface area contributed by atoms with Crippen LogP contribution in [0.3, 0.4) is 0 Å². The zero-order valence-electron chi connectivity index (χ0n) is 19.1. The molecule has 1 spiro atoms. The summed E-state index contributed by atoms with van der Waals surface area (Å²) in [4.78, 5) is 15.4. The number of para-hydroxylation sites is 1. The summed E-state index contributed by atoms with van der Waals surface area (Å²) < 4.78 is 10.7. The van der Waals surface area contributed by atoms with E-state index >= 15 is 0 Å². The van der Waals surface area contributed by atoms with Gasteiger partial charge >= 0.3 is 0 Å². The molecule has 2 heterocycles. The minimum absolute atomic E-state index is 0.0259. The number of carbonyl (C=O) groups excluding carboxylic acids is 1. The second-order valence-electron chi connectivity index (χ2n) is 8.67. The standard InChI is InChI=1S/C27H25N3O3/c1-26(2)25(31)30(20-8-6-5-7-9-20)27(26)23(18-10-14-21(32-3)15-11-18)28-29-24(27)19-12-16-22(33-4)17-13-19/h5-17H,1-4H3. The van der Waals surface area contributed by atoms with Gasteiger partial charge in [-0.3, -0.25) is 9.69 Å². The summed E-state index contributed by atoms with van der Waals surface area (Å²) in [5.41, 5.74) is 2.44. The molecular weight excluding hydrogens is 414 g/mol. The van der Waals surface area contributed by atoms with Gasteiger partial charge < -0.3 is 9.47 Å². The molecule has 0 N–H and O–H groups in total. The van der Waals surface area contributed by atoms with E-state index in [0.717, 1.165) is 39.7 Å². The molecule has 2 aliphatic heterocycles. The van der Waals surface area contributed by atoms with E-state index < -0.39 is 11.0 Å². The number of hydrogen-bond acceptors (Lipinski definition) is 5. The van der Waals surface area contributed by atoms with Crippen molar-refractivity contribution in [2.24, 2.45) is 15.6 Å². The van der Waals surface area contributed by atoms with Crippen molar-refractivity contribution in [1.29, 1.82) is 0 Å². The first-order valence-electron chi connectivity index (χ1n) is 10.8. The van der Waals surface area contributed by atoms with E-state index in [1.165, 1.54) is 0 Å². The third-order valence-electron chi connectivity index (χ3n) is 6.65. The second-order valence-corrected chi connectivity index (χ2v) is 8.67. The molecule has 33 heavy (non-hydrogen) atoms. The highest BCUT2D eigenvalue weighted by Gasteiger charge is 2.73. The molecule has 6 nitrogen and oxygen atoms in total. The highest BCUT2D eigenvalue weighted by atomic mass is 16.5. The molecule has 166 valence electrons. The molecule has 2 aliphatic rings. The summed E-state index contributed by atoms with van der Waals surface area (Å²) in [7, 11) is 3.28. The van der Waals surface area contributed by atoms with Gasteiger partial charge in [0, 0.05) is 16.8 Å². The predicted octanol–water partition coefficient (Wildman–Crippen LogP) is 4.72. The predicted molar refractivity (Wildman–Crippen MR) is 130 cm³/mol. The Bertz CT molecular complexity index is 1200. The summed E-state index contributed by atoms with van der Waals surface area (Å²) >= 11 is 0. The maximum absolute atomic E-state index is 13.6. The smallest absolute Gasteiger partial charge is 0.237 e. The Kier molecular flexibility index (Phi) is 4.81. The molecule has 0 atom stereocenters. The van der Waals surface area contributed by atoms with Crippen LogP contribution < -0.4 is 14.4 Å². The molecule has 3 aromatic rings. The van der Waals surface area contributed by atoms with E-state index in [1.807, 2.05) is 97.6 Å². The van der Waals surface area contributed by atoms with Crippen LogP contribution in [0, 0.1) is 5.41 Å². The number of benzene rings is 3. The maximum Gasteiger partial charge on any atom is 0.237 e. The molecule has 5 rings (SSSR count). The van der Waals surface area contributed by atoms with Crippen molar-refractivity contribution in [2.75, 3.05) is 19.1 Å². The zero-order chi connectivity index (χ0) is 23.2. The number of amides is 1. The minimum atomic E-state index is -0.866. The van der Waals surface area contributed by atoms with Crippen LogP contribution >= 0.6 is 0 Å². The second kappa shape index (κ2) is 7.59. The van der Waals surface area contributed by atoms with Gasteiger partial charge in [0.05, 0.1) is 19.6 Å². The fraction of sp³-hybridized carbons (Fsp3) is 0.222. The molecule has 1 saturated heterocycles. The number of methoxy groups -OCH3 is 2. The van der Waals surface area contributed by atoms with Crippen LogP contribution in [0.25, 0.3) is 0 Å². The van der Waals surface area contributed by atoms with Crippen LogP contribution in [0.15, 0.2) is 89.1 Å². The number of anilines is 1. The van der Waals surface area contributed by atoms with Crippen molar-refractivity contribution >= 4 is 23.0 Å². The number of β-lactam (4-membered cyclic amide) rings is 1. The van der Waals surface area contributed by atoms with Gasteiger partial charge in [-0.15, -0.1) is 0 Å². The average molecular weight is 440 g/mol. The van der Waals surface area contributed by atoms with Gasteiger partial charge in [0.15, 0.2) is 5.54 Å². The fourth-order valence-electron chi connectivity index (χ4n) is 4.89. The molecule has 6 heteroatoms. The number of nitrogens with zero attached hydrogens (tertiary/aromatic N) is 3. The Balaban J connectivity index is 1.72. The van der Waals surface area contributed by atoms with Crippen LogP contribution in [0.5, 0.6) is 11.5 Å². The molecule has 1 amide bonds. The normalized spacial score (nSPS) is 17.9. The average Bonchev–Trinajstić information content (AvgIpc) is 3.28. The molecule has 0 aliphatic carbocycles. The van der Waals surface area contributed by atoms with Crippen molar-refractivity contribution < 1.29 is 14.3 Å². The summed E-state index contributed by atoms with van der Waals surface area (Å²) in [5, 5.41) is 9.36. The lowest BCUT2D eigenvalue weighted by Crippen LogP contribution is -2.82. The number of ether oxygens (including phenoxy) is 2. The Morgan fingerprint density at radius 2 is 1.15 bits per heavy atom. The number of hydrogen-bond donors (Lipinski definition) is 0. The summed E-state index contributed by atoms with van der Waals surface area (Å²) in [5.74, 6) is 1.54. The Labute approximate surface area is 193 Å². The van der Waals surface area contributed by atoms with E-state index in [4.69, 9.17) is 9.47 Å². The van der Waals surface area contributed by atoms with Gasteiger partial charge in [0.25, 0.3) is 0 Å². The van der Waals surface area contributed by atoms with E-state index in [0.29, 0.717) is 0 Å². The van der Waals surface area contributed by atoms with Crippen molar-refractivity contribution in [3.63, 3.8) is 0 Å². The number of carbonyl (C=O) groups is 1. The first-order chi connectivity index (χ1) is 15.9. The van der Waals surface area contributed by atoms with Crippen LogP contribution in [0.1, 0.15) is 25.0 Å².